The summed E-state index contributed by atoms with van der Waals surface area (Å²) in [6.45, 7) is 42.4. The zero-order valence-electron chi connectivity index (χ0n) is 44.4. The topological polar surface area (TPSA) is 26.3 Å². The van der Waals surface area contributed by atoms with Crippen LogP contribution in [0.3, 0.4) is 0 Å². The van der Waals surface area contributed by atoms with Crippen molar-refractivity contribution in [3.63, 3.8) is 0 Å². The van der Waals surface area contributed by atoms with Crippen molar-refractivity contribution in [2.75, 3.05) is 0 Å². The molecule has 0 saturated carbocycles. The van der Waals surface area contributed by atoms with Gasteiger partial charge in [0, 0.05) is 0 Å². The van der Waals surface area contributed by atoms with E-state index in [1.165, 1.54) is 66.1 Å². The van der Waals surface area contributed by atoms with Gasteiger partial charge in [0.05, 0.1) is 55.3 Å². The zero-order chi connectivity index (χ0) is 50.3. The second-order valence-electron chi connectivity index (χ2n) is 23.1. The van der Waals surface area contributed by atoms with Gasteiger partial charge in [-0.1, -0.05) is 184 Å². The predicted octanol–water partition coefficient (Wildman–Crippen LogP) is 17.1. The van der Waals surface area contributed by atoms with Crippen molar-refractivity contribution < 1.29 is 26.8 Å². The van der Waals surface area contributed by atoms with Gasteiger partial charge in [-0.3, -0.25) is 0 Å². The van der Waals surface area contributed by atoms with E-state index in [1.807, 2.05) is 26.0 Å². The number of aryl methyl sites for hydroxylation is 4. The molecule has 10 heteroatoms. The second kappa shape index (κ2) is 21.5. The third-order valence-corrected chi connectivity index (χ3v) is 40.9. The summed E-state index contributed by atoms with van der Waals surface area (Å²) < 4.78 is 11.9. The average molecular weight is 1110 g/mol. The summed E-state index contributed by atoms with van der Waals surface area (Å²) in [6.07, 6.45) is 2.07. The number of rotatable bonds is 10. The molecule has 360 valence electrons. The van der Waals surface area contributed by atoms with E-state index in [4.69, 9.17) is 25.9 Å². The maximum atomic E-state index is 5.94. The van der Waals surface area contributed by atoms with Crippen LogP contribution in [0.25, 0.3) is 66.4 Å². The molecule has 0 radical (unpaired) electrons. The Balaban J connectivity index is 0.000000200. The maximum absolute atomic E-state index is 5.94. The molecule has 0 unspecified atom stereocenters. The summed E-state index contributed by atoms with van der Waals surface area (Å²) in [5.74, 6) is 3.82. The molecule has 0 fully saturated rings. The molecular weight excluding hydrogens is 1030 g/mol. The Bertz CT molecular complexity index is 2820. The van der Waals surface area contributed by atoms with Crippen LogP contribution in [0.1, 0.15) is 36.5 Å². The van der Waals surface area contributed by atoms with Gasteiger partial charge in [0.15, 0.2) is 0 Å². The standard InChI is InChI=1S/2C28H35OSi2.C2H6Si.2ClH.Zr/c2*1-9-20-11-12-21-14-22(27-13-10-19(2)29-27)17-26(21)28(20)23-15-24(30(3,4)5)18-25(16-23)31(6,7)8;1-3-2;;;/h2*10-18H,9H2,1-8H3;1-2H3;2*1H;/q2*-1;;;;+2/p-2. The van der Waals surface area contributed by atoms with Crippen LogP contribution in [0.5, 0.6) is 0 Å². The number of furan rings is 2. The third-order valence-electron chi connectivity index (χ3n) is 13.0. The van der Waals surface area contributed by atoms with Crippen molar-refractivity contribution >= 4 is 97.0 Å². The molecule has 6 aromatic carbocycles. The van der Waals surface area contributed by atoms with Crippen LogP contribution in [0.4, 0.5) is 0 Å². The predicted molar refractivity (Wildman–Crippen MR) is 315 cm³/mol. The van der Waals surface area contributed by atoms with Crippen molar-refractivity contribution in [2.45, 2.75) is 132 Å². The van der Waals surface area contributed by atoms with E-state index in [1.54, 1.807) is 20.7 Å². The Morgan fingerprint density at radius 2 is 0.779 bits per heavy atom. The second-order valence-corrected chi connectivity index (χ2v) is 66.4. The van der Waals surface area contributed by atoms with E-state index in [0.717, 1.165) is 35.9 Å². The summed E-state index contributed by atoms with van der Waals surface area (Å²) in [4.78, 5) is 0. The van der Waals surface area contributed by atoms with Gasteiger partial charge in [-0.25, -0.2) is 0 Å². The molecule has 2 heterocycles. The van der Waals surface area contributed by atoms with Gasteiger partial charge < -0.3 is 8.83 Å². The first-order valence-corrected chi connectivity index (χ1v) is 51.0. The fourth-order valence-corrected chi connectivity index (χ4v) is 13.7. The van der Waals surface area contributed by atoms with Crippen molar-refractivity contribution in [3.8, 4) is 44.9 Å². The minimum atomic E-state index is -1.65. The molecule has 0 atom stereocenters. The molecule has 0 saturated heterocycles. The Morgan fingerprint density at radius 3 is 1.01 bits per heavy atom. The number of halogens is 2. The summed E-state index contributed by atoms with van der Waals surface area (Å²) in [5.41, 5.74) is 10.6. The summed E-state index contributed by atoms with van der Waals surface area (Å²) in [7, 11) is 5.48. The van der Waals surface area contributed by atoms with Crippen molar-refractivity contribution in [2.24, 2.45) is 0 Å². The Labute approximate surface area is 429 Å². The van der Waals surface area contributed by atoms with Crippen LogP contribution >= 0.6 is 17.0 Å². The van der Waals surface area contributed by atoms with Crippen molar-refractivity contribution in [3.05, 3.63) is 132 Å². The molecule has 0 bridgehead atoms. The quantitative estimate of drug-likeness (QED) is 0.101. The van der Waals surface area contributed by atoms with Crippen LogP contribution in [0, 0.1) is 13.8 Å². The minimum absolute atomic E-state index is 0.224. The van der Waals surface area contributed by atoms with Crippen LogP contribution in [-0.4, -0.2) is 37.7 Å². The van der Waals surface area contributed by atoms with Crippen molar-refractivity contribution in [1.29, 1.82) is 0 Å². The Kier molecular flexibility index (Phi) is 17.3. The van der Waals surface area contributed by atoms with Crippen molar-refractivity contribution in [1.82, 2.24) is 0 Å². The molecule has 8 rings (SSSR count). The zero-order valence-corrected chi connectivity index (χ0v) is 53.3. The molecule has 0 N–H and O–H groups in total. The van der Waals surface area contributed by atoms with Gasteiger partial charge in [-0.05, 0) is 73.2 Å². The fraction of sp³-hybridized carbons (Fsp3) is 0.345. The first kappa shape index (κ1) is 54.5. The molecule has 0 aliphatic heterocycles. The molecule has 0 spiro atoms. The normalized spacial score (nSPS) is 12.2. The van der Waals surface area contributed by atoms with Crippen LogP contribution in [0.15, 0.2) is 118 Å². The number of benzene rings is 4. The summed E-state index contributed by atoms with van der Waals surface area (Å²) >= 11 is -1.65. The number of hydrogen-bond donors (Lipinski definition) is 0. The van der Waals surface area contributed by atoms with Gasteiger partial charge in [0.2, 0.25) is 0 Å². The van der Waals surface area contributed by atoms with E-state index in [2.05, 4.69) is 203 Å². The van der Waals surface area contributed by atoms with Gasteiger partial charge in [-0.15, -0.1) is 57.9 Å². The summed E-state index contributed by atoms with van der Waals surface area (Å²) in [6, 6.07) is 41.7. The number of fused-ring (bicyclic) bond motifs is 2. The van der Waals surface area contributed by atoms with Gasteiger partial charge in [0.1, 0.15) is 0 Å². The average Bonchev–Trinajstić information content (AvgIpc) is 4.08. The first-order valence-electron chi connectivity index (χ1n) is 24.5. The van der Waals surface area contributed by atoms with Crippen LogP contribution in [0.2, 0.25) is 91.7 Å². The Hall–Kier alpha value is -2.79. The molecular formula is C58H76Cl2O2Si5Zr-2. The SMILES string of the molecule is CCc1ccc2[cH-]c(-c3ccc(C)o3)cc2c1-c1cc([Si](C)(C)C)cc([Si](C)(C)C)c1.CCc1ccc2[cH-]c(-c3ccc(C)o3)cc2c1-c1cc([Si](C)(C)C)cc([Si](C)(C)C)c1.C[Si](C)=[Zr]([Cl])[Cl]. The monoisotopic (exact) mass is 1100 g/mol. The molecule has 0 amide bonds. The Morgan fingerprint density at radius 1 is 0.471 bits per heavy atom. The van der Waals surface area contributed by atoms with Crippen LogP contribution < -0.4 is 20.7 Å². The molecule has 0 aliphatic rings. The first-order chi connectivity index (χ1) is 31.6. The van der Waals surface area contributed by atoms with E-state index < -0.39 is 50.3 Å². The fourth-order valence-electron chi connectivity index (χ4n) is 8.66. The molecule has 2 aromatic heterocycles. The summed E-state index contributed by atoms with van der Waals surface area (Å²) in [5, 5.41) is 11.5. The van der Waals surface area contributed by atoms with Gasteiger partial charge in [0.25, 0.3) is 0 Å². The van der Waals surface area contributed by atoms with E-state index in [0.29, 0.717) is 0 Å². The number of hydrogen-bond acceptors (Lipinski definition) is 2. The molecule has 2 nitrogen and oxygen atoms in total. The van der Waals surface area contributed by atoms with E-state index in [9.17, 15) is 0 Å². The molecule has 68 heavy (non-hydrogen) atoms. The molecule has 0 aliphatic carbocycles. The van der Waals surface area contributed by atoms with Crippen LogP contribution in [-0.2, 0) is 30.8 Å². The van der Waals surface area contributed by atoms with E-state index in [-0.39, 0.29) is 5.43 Å². The third kappa shape index (κ3) is 13.0. The molecule has 8 aromatic rings. The van der Waals surface area contributed by atoms with E-state index >= 15 is 0 Å². The van der Waals surface area contributed by atoms with Gasteiger partial charge in [-0.2, -0.15) is 0 Å². The van der Waals surface area contributed by atoms with Gasteiger partial charge >= 0.3 is 53.5 Å².